The molecule has 0 aromatic heterocycles. The zero-order valence-corrected chi connectivity index (χ0v) is 11.7. The molecule has 1 fully saturated rings. The lowest BCUT2D eigenvalue weighted by Crippen LogP contribution is -2.45. The summed E-state index contributed by atoms with van der Waals surface area (Å²) in [6, 6.07) is 0. The summed E-state index contributed by atoms with van der Waals surface area (Å²) >= 11 is 0. The maximum absolute atomic E-state index is 11.8. The molecule has 1 unspecified atom stereocenters. The van der Waals surface area contributed by atoms with Crippen LogP contribution in [0.5, 0.6) is 0 Å². The Morgan fingerprint density at radius 3 is 2.84 bits per heavy atom. The molecule has 9 heteroatoms. The molecule has 0 radical (unpaired) electrons. The zero-order chi connectivity index (χ0) is 14.3. The number of nitrogens with two attached hydrogens (primary N) is 2. The number of hydrogen-bond acceptors (Lipinski definition) is 5. The SMILES string of the molecule is NCCOCC(=O)N1CCCC(CNS(N)(=O)=O)C1. The third-order valence-corrected chi connectivity index (χ3v) is 3.50. The number of hydrogen-bond donors (Lipinski definition) is 3. The summed E-state index contributed by atoms with van der Waals surface area (Å²) < 4.78 is 29.0. The number of carbonyl (C=O) groups excluding carboxylic acids is 1. The van der Waals surface area contributed by atoms with Crippen LogP contribution in [-0.2, 0) is 19.7 Å². The Morgan fingerprint density at radius 2 is 2.21 bits per heavy atom. The third kappa shape index (κ3) is 6.83. The van der Waals surface area contributed by atoms with Gasteiger partial charge in [-0.05, 0) is 18.8 Å². The van der Waals surface area contributed by atoms with Gasteiger partial charge in [0.1, 0.15) is 6.61 Å². The van der Waals surface area contributed by atoms with Crippen molar-refractivity contribution in [2.24, 2.45) is 16.8 Å². The van der Waals surface area contributed by atoms with Gasteiger partial charge in [0.2, 0.25) is 5.91 Å². The molecule has 1 amide bonds. The van der Waals surface area contributed by atoms with Gasteiger partial charge in [0.25, 0.3) is 10.2 Å². The molecule has 5 N–H and O–H groups in total. The van der Waals surface area contributed by atoms with Gasteiger partial charge in [0.15, 0.2) is 0 Å². The van der Waals surface area contributed by atoms with Crippen LogP contribution in [-0.4, -0.2) is 58.6 Å². The van der Waals surface area contributed by atoms with Crippen molar-refractivity contribution in [2.45, 2.75) is 12.8 Å². The standard InChI is InChI=1S/C10H22N4O4S/c11-3-5-18-8-10(15)14-4-1-2-9(7-14)6-13-19(12,16)17/h9,13H,1-8,11H2,(H2,12,16,17). The van der Waals surface area contributed by atoms with Gasteiger partial charge in [0.05, 0.1) is 6.61 Å². The summed E-state index contributed by atoms with van der Waals surface area (Å²) in [4.78, 5) is 13.5. The summed E-state index contributed by atoms with van der Waals surface area (Å²) in [7, 11) is -3.67. The maximum atomic E-state index is 11.8. The lowest BCUT2D eigenvalue weighted by Gasteiger charge is -2.32. The number of nitrogens with one attached hydrogen (secondary N) is 1. The summed E-state index contributed by atoms with van der Waals surface area (Å²) in [6.45, 7) is 2.22. The van der Waals surface area contributed by atoms with Crippen molar-refractivity contribution in [3.05, 3.63) is 0 Å². The molecule has 19 heavy (non-hydrogen) atoms. The molecular weight excluding hydrogens is 272 g/mol. The molecule has 1 aliphatic heterocycles. The molecular formula is C10H22N4O4S. The Kier molecular flexibility index (Phi) is 6.66. The van der Waals surface area contributed by atoms with Gasteiger partial charge < -0.3 is 15.4 Å². The van der Waals surface area contributed by atoms with E-state index in [-0.39, 0.29) is 25.0 Å². The lowest BCUT2D eigenvalue weighted by atomic mass is 9.98. The van der Waals surface area contributed by atoms with Crippen LogP contribution >= 0.6 is 0 Å². The highest BCUT2D eigenvalue weighted by atomic mass is 32.2. The molecule has 0 bridgehead atoms. The Morgan fingerprint density at radius 1 is 1.47 bits per heavy atom. The molecule has 8 nitrogen and oxygen atoms in total. The topological polar surface area (TPSA) is 128 Å². The Hall–Kier alpha value is -0.740. The molecule has 1 heterocycles. The average molecular weight is 294 g/mol. The third-order valence-electron chi connectivity index (χ3n) is 2.93. The van der Waals surface area contributed by atoms with E-state index in [1.54, 1.807) is 4.90 Å². The van der Waals surface area contributed by atoms with E-state index in [4.69, 9.17) is 15.6 Å². The predicted molar refractivity (Wildman–Crippen MR) is 70.3 cm³/mol. The highest BCUT2D eigenvalue weighted by molar-refractivity contribution is 7.87. The van der Waals surface area contributed by atoms with Crippen molar-refractivity contribution in [1.29, 1.82) is 0 Å². The Labute approximate surface area is 113 Å². The smallest absolute Gasteiger partial charge is 0.274 e. The minimum Gasteiger partial charge on any atom is -0.370 e. The monoisotopic (exact) mass is 294 g/mol. The first-order valence-corrected chi connectivity index (χ1v) is 7.80. The van der Waals surface area contributed by atoms with Crippen LogP contribution in [0.1, 0.15) is 12.8 Å². The highest BCUT2D eigenvalue weighted by Gasteiger charge is 2.24. The van der Waals surface area contributed by atoms with Gasteiger partial charge >= 0.3 is 0 Å². The zero-order valence-electron chi connectivity index (χ0n) is 10.9. The first-order valence-electron chi connectivity index (χ1n) is 6.25. The quantitative estimate of drug-likeness (QED) is 0.468. The molecule has 0 aromatic carbocycles. The van der Waals surface area contributed by atoms with Crippen molar-refractivity contribution in [3.8, 4) is 0 Å². The molecule has 112 valence electrons. The van der Waals surface area contributed by atoms with Crippen LogP contribution in [0.4, 0.5) is 0 Å². The number of nitrogens with zero attached hydrogens (tertiary/aromatic N) is 1. The second kappa shape index (κ2) is 7.75. The minimum absolute atomic E-state index is 0.0204. The molecule has 0 aromatic rings. The second-order valence-corrected chi connectivity index (χ2v) is 5.96. The summed E-state index contributed by atoms with van der Waals surface area (Å²) in [5.41, 5.74) is 5.27. The Bertz CT molecular complexity index is 387. The van der Waals surface area contributed by atoms with E-state index in [9.17, 15) is 13.2 Å². The number of amides is 1. The van der Waals surface area contributed by atoms with Crippen molar-refractivity contribution in [3.63, 3.8) is 0 Å². The fourth-order valence-electron chi connectivity index (χ4n) is 2.03. The van der Waals surface area contributed by atoms with E-state index in [1.807, 2.05) is 0 Å². The number of piperidine rings is 1. The van der Waals surface area contributed by atoms with Crippen LogP contribution in [0.15, 0.2) is 0 Å². The molecule has 1 saturated heterocycles. The predicted octanol–water partition coefficient (Wildman–Crippen LogP) is -2.01. The molecule has 0 aliphatic carbocycles. The Balaban J connectivity index is 2.34. The van der Waals surface area contributed by atoms with Gasteiger partial charge in [-0.15, -0.1) is 0 Å². The van der Waals surface area contributed by atoms with E-state index >= 15 is 0 Å². The van der Waals surface area contributed by atoms with Crippen LogP contribution in [0, 0.1) is 5.92 Å². The van der Waals surface area contributed by atoms with Gasteiger partial charge in [-0.25, -0.2) is 9.86 Å². The van der Waals surface area contributed by atoms with E-state index in [1.165, 1.54) is 0 Å². The average Bonchev–Trinajstić information content (AvgIpc) is 2.36. The van der Waals surface area contributed by atoms with Crippen molar-refractivity contribution in [2.75, 3.05) is 39.4 Å². The van der Waals surface area contributed by atoms with Crippen LogP contribution in [0.2, 0.25) is 0 Å². The fourth-order valence-corrected chi connectivity index (χ4v) is 2.49. The van der Waals surface area contributed by atoms with Crippen molar-refractivity contribution >= 4 is 16.1 Å². The molecule has 1 rings (SSSR count). The second-order valence-electron chi connectivity index (χ2n) is 4.58. The highest BCUT2D eigenvalue weighted by Crippen LogP contribution is 2.16. The molecule has 0 saturated carbocycles. The lowest BCUT2D eigenvalue weighted by molar-refractivity contribution is -0.137. The largest absolute Gasteiger partial charge is 0.370 e. The molecule has 0 spiro atoms. The summed E-state index contributed by atoms with van der Waals surface area (Å²) in [5, 5.41) is 4.88. The first kappa shape index (κ1) is 16.3. The number of rotatable bonds is 7. The van der Waals surface area contributed by atoms with E-state index in [0.29, 0.717) is 26.2 Å². The number of ether oxygens (including phenoxy) is 1. The molecule has 1 atom stereocenters. The van der Waals surface area contributed by atoms with Gasteiger partial charge in [0, 0.05) is 26.2 Å². The van der Waals surface area contributed by atoms with Crippen LogP contribution in [0.25, 0.3) is 0 Å². The van der Waals surface area contributed by atoms with E-state index < -0.39 is 10.2 Å². The van der Waals surface area contributed by atoms with Crippen LogP contribution in [0.3, 0.4) is 0 Å². The minimum atomic E-state index is -3.67. The van der Waals surface area contributed by atoms with Crippen molar-refractivity contribution < 1.29 is 17.9 Å². The van der Waals surface area contributed by atoms with Gasteiger partial charge in [-0.3, -0.25) is 4.79 Å². The number of carbonyl (C=O) groups is 1. The first-order chi connectivity index (χ1) is 8.92. The van der Waals surface area contributed by atoms with Gasteiger partial charge in [-0.2, -0.15) is 8.42 Å². The van der Waals surface area contributed by atoms with E-state index in [0.717, 1.165) is 12.8 Å². The summed E-state index contributed by atoms with van der Waals surface area (Å²) in [6.07, 6.45) is 1.72. The van der Waals surface area contributed by atoms with Crippen LogP contribution < -0.4 is 15.6 Å². The fraction of sp³-hybridized carbons (Fsp3) is 0.900. The van der Waals surface area contributed by atoms with Crippen molar-refractivity contribution in [1.82, 2.24) is 9.62 Å². The normalized spacial score (nSPS) is 20.5. The summed E-state index contributed by atoms with van der Waals surface area (Å²) in [5.74, 6) is -0.000658. The number of likely N-dealkylation sites (tertiary alicyclic amines) is 1. The molecule has 1 aliphatic rings. The van der Waals surface area contributed by atoms with Gasteiger partial charge in [-0.1, -0.05) is 0 Å². The maximum Gasteiger partial charge on any atom is 0.274 e. The van der Waals surface area contributed by atoms with E-state index in [2.05, 4.69) is 4.72 Å².